The lowest BCUT2D eigenvalue weighted by molar-refractivity contribution is -0.690. The summed E-state index contributed by atoms with van der Waals surface area (Å²) in [5.74, 6) is 1.45. The molecule has 0 atom stereocenters. The molecule has 2 heterocycles. The molecule has 2 heteroatoms. The summed E-state index contributed by atoms with van der Waals surface area (Å²) in [6.45, 7) is 1.18. The fourth-order valence-corrected chi connectivity index (χ4v) is 2.43. The summed E-state index contributed by atoms with van der Waals surface area (Å²) in [6.07, 6.45) is 4.78. The first-order chi connectivity index (χ1) is 7.36. The van der Waals surface area contributed by atoms with Gasteiger partial charge in [0.1, 0.15) is 6.20 Å². The van der Waals surface area contributed by atoms with Crippen LogP contribution in [0.5, 0.6) is 0 Å². The van der Waals surface area contributed by atoms with Crippen molar-refractivity contribution in [3.8, 4) is 11.3 Å². The molecule has 15 heavy (non-hydrogen) atoms. The average molecular weight is 199 g/mol. The van der Waals surface area contributed by atoms with Crippen LogP contribution < -0.4 is 4.57 Å². The maximum atomic E-state index is 2.38. The lowest BCUT2D eigenvalue weighted by atomic mass is 10.2. The second-order valence-electron chi connectivity index (χ2n) is 4.15. The molecule has 0 bridgehead atoms. The molecule has 0 saturated carbocycles. The summed E-state index contributed by atoms with van der Waals surface area (Å²) < 4.78 is 4.70. The van der Waals surface area contributed by atoms with E-state index >= 15 is 0 Å². The van der Waals surface area contributed by atoms with Gasteiger partial charge in [0.05, 0.1) is 20.0 Å². The molecule has 0 radical (unpaired) electrons. The molecule has 1 aliphatic rings. The van der Waals surface area contributed by atoms with Crippen molar-refractivity contribution in [1.29, 1.82) is 0 Å². The molecule has 1 aliphatic heterocycles. The Balaban J connectivity index is 2.14. The Morgan fingerprint density at radius 2 is 2.00 bits per heavy atom. The molecule has 2 aromatic rings. The zero-order valence-electron chi connectivity index (χ0n) is 8.98. The van der Waals surface area contributed by atoms with E-state index < -0.39 is 0 Å². The SMILES string of the molecule is Cn1c(-c2ccccc2)c[n+]2c1CCC2. The van der Waals surface area contributed by atoms with Crippen LogP contribution >= 0.6 is 0 Å². The van der Waals surface area contributed by atoms with Gasteiger partial charge in [-0.15, -0.1) is 0 Å². The summed E-state index contributed by atoms with van der Waals surface area (Å²) in [6, 6.07) is 10.6. The topological polar surface area (TPSA) is 8.81 Å². The largest absolute Gasteiger partial charge is 0.256 e. The number of hydrogen-bond donors (Lipinski definition) is 0. The van der Waals surface area contributed by atoms with Crippen molar-refractivity contribution in [2.75, 3.05) is 0 Å². The van der Waals surface area contributed by atoms with E-state index in [0.29, 0.717) is 0 Å². The van der Waals surface area contributed by atoms with Gasteiger partial charge in [-0.3, -0.25) is 0 Å². The van der Waals surface area contributed by atoms with E-state index in [0.717, 1.165) is 0 Å². The van der Waals surface area contributed by atoms with Gasteiger partial charge in [-0.1, -0.05) is 30.3 Å². The van der Waals surface area contributed by atoms with Gasteiger partial charge in [0.15, 0.2) is 5.69 Å². The van der Waals surface area contributed by atoms with Crippen LogP contribution in [-0.4, -0.2) is 4.57 Å². The van der Waals surface area contributed by atoms with E-state index in [4.69, 9.17) is 0 Å². The number of fused-ring (bicyclic) bond motifs is 1. The lowest BCUT2D eigenvalue weighted by Gasteiger charge is -1.97. The molecule has 0 N–H and O–H groups in total. The van der Waals surface area contributed by atoms with Gasteiger partial charge in [-0.2, -0.15) is 0 Å². The van der Waals surface area contributed by atoms with Crippen LogP contribution in [0.1, 0.15) is 12.2 Å². The summed E-state index contributed by atoms with van der Waals surface area (Å²) in [7, 11) is 2.17. The average Bonchev–Trinajstić information content (AvgIpc) is 2.83. The Hall–Kier alpha value is -1.57. The molecule has 0 saturated heterocycles. The van der Waals surface area contributed by atoms with Crippen molar-refractivity contribution >= 4 is 0 Å². The van der Waals surface area contributed by atoms with Gasteiger partial charge < -0.3 is 0 Å². The number of benzene rings is 1. The number of imidazole rings is 1. The minimum Gasteiger partial charge on any atom is -0.234 e. The summed E-state index contributed by atoms with van der Waals surface area (Å²) in [4.78, 5) is 0. The second kappa shape index (κ2) is 3.23. The van der Waals surface area contributed by atoms with Gasteiger partial charge in [-0.05, 0) is 6.42 Å². The molecule has 0 fully saturated rings. The number of hydrogen-bond acceptors (Lipinski definition) is 0. The van der Waals surface area contributed by atoms with Gasteiger partial charge in [0, 0.05) is 5.56 Å². The highest BCUT2D eigenvalue weighted by atomic mass is 15.2. The molecule has 1 aromatic carbocycles. The van der Waals surface area contributed by atoms with E-state index in [1.807, 2.05) is 0 Å². The van der Waals surface area contributed by atoms with Gasteiger partial charge >= 0.3 is 0 Å². The van der Waals surface area contributed by atoms with E-state index in [2.05, 4.69) is 52.7 Å². The van der Waals surface area contributed by atoms with E-state index in [1.165, 1.54) is 36.5 Å². The normalized spacial score (nSPS) is 14.2. The van der Waals surface area contributed by atoms with Crippen LogP contribution in [0.2, 0.25) is 0 Å². The van der Waals surface area contributed by atoms with Crippen LogP contribution in [0.25, 0.3) is 11.3 Å². The fourth-order valence-electron chi connectivity index (χ4n) is 2.43. The molecule has 76 valence electrons. The van der Waals surface area contributed by atoms with Crippen molar-refractivity contribution in [2.45, 2.75) is 19.4 Å². The first-order valence-electron chi connectivity index (χ1n) is 5.50. The number of aryl methyl sites for hydroxylation is 1. The molecule has 0 amide bonds. The smallest absolute Gasteiger partial charge is 0.234 e. The van der Waals surface area contributed by atoms with Crippen LogP contribution in [-0.2, 0) is 20.0 Å². The number of aromatic nitrogens is 2. The van der Waals surface area contributed by atoms with Gasteiger partial charge in [0.25, 0.3) is 5.82 Å². The minimum absolute atomic E-state index is 1.18. The molecular formula is C13H15N2+. The zero-order valence-corrected chi connectivity index (χ0v) is 8.98. The summed E-state index contributed by atoms with van der Waals surface area (Å²) in [5.41, 5.74) is 2.63. The highest BCUT2D eigenvalue weighted by molar-refractivity contribution is 5.58. The maximum Gasteiger partial charge on any atom is 0.256 e. The Labute approximate surface area is 89.8 Å². The predicted octanol–water partition coefficient (Wildman–Crippen LogP) is 1.93. The number of rotatable bonds is 1. The molecule has 0 spiro atoms. The highest BCUT2D eigenvalue weighted by Gasteiger charge is 2.25. The predicted molar refractivity (Wildman–Crippen MR) is 59.4 cm³/mol. The lowest BCUT2D eigenvalue weighted by Crippen LogP contribution is -2.30. The third kappa shape index (κ3) is 1.29. The summed E-state index contributed by atoms with van der Waals surface area (Å²) in [5, 5.41) is 0. The zero-order chi connectivity index (χ0) is 10.3. The number of nitrogens with zero attached hydrogens (tertiary/aromatic N) is 2. The van der Waals surface area contributed by atoms with Crippen LogP contribution in [0.4, 0.5) is 0 Å². The quantitative estimate of drug-likeness (QED) is 0.620. The van der Waals surface area contributed by atoms with E-state index in [9.17, 15) is 0 Å². The molecule has 0 aliphatic carbocycles. The maximum absolute atomic E-state index is 2.38. The Morgan fingerprint density at radius 1 is 1.20 bits per heavy atom. The third-order valence-electron chi connectivity index (χ3n) is 3.23. The minimum atomic E-state index is 1.18. The standard InChI is InChI=1S/C13H15N2/c1-14-12(11-6-3-2-4-7-11)10-15-9-5-8-13(14)15/h2-4,6-7,10H,5,8-9H2,1H3/q+1. The first kappa shape index (κ1) is 8.72. The van der Waals surface area contributed by atoms with Crippen LogP contribution in [0.3, 0.4) is 0 Å². The molecular weight excluding hydrogens is 184 g/mol. The fraction of sp³-hybridized carbons (Fsp3) is 0.308. The first-order valence-corrected chi connectivity index (χ1v) is 5.50. The Morgan fingerprint density at radius 3 is 2.73 bits per heavy atom. The molecule has 0 unspecified atom stereocenters. The highest BCUT2D eigenvalue weighted by Crippen LogP contribution is 2.20. The molecule has 2 nitrogen and oxygen atoms in total. The van der Waals surface area contributed by atoms with Crippen molar-refractivity contribution in [1.82, 2.24) is 4.57 Å². The van der Waals surface area contributed by atoms with E-state index in [1.54, 1.807) is 0 Å². The van der Waals surface area contributed by atoms with Gasteiger partial charge in [-0.25, -0.2) is 9.13 Å². The molecule has 1 aromatic heterocycles. The third-order valence-corrected chi connectivity index (χ3v) is 3.23. The second-order valence-corrected chi connectivity index (χ2v) is 4.15. The Kier molecular flexibility index (Phi) is 1.88. The van der Waals surface area contributed by atoms with Crippen molar-refractivity contribution < 1.29 is 4.57 Å². The van der Waals surface area contributed by atoms with Crippen molar-refractivity contribution in [2.24, 2.45) is 7.05 Å². The van der Waals surface area contributed by atoms with Crippen LogP contribution in [0, 0.1) is 0 Å². The van der Waals surface area contributed by atoms with Crippen LogP contribution in [0.15, 0.2) is 36.5 Å². The molecule has 3 rings (SSSR count). The van der Waals surface area contributed by atoms with E-state index in [-0.39, 0.29) is 0 Å². The van der Waals surface area contributed by atoms with Gasteiger partial charge in [0.2, 0.25) is 0 Å². The van der Waals surface area contributed by atoms with Crippen molar-refractivity contribution in [3.05, 3.63) is 42.4 Å². The van der Waals surface area contributed by atoms with Crippen molar-refractivity contribution in [3.63, 3.8) is 0 Å². The monoisotopic (exact) mass is 199 g/mol. The Bertz CT molecular complexity index is 483. The summed E-state index contributed by atoms with van der Waals surface area (Å²) >= 11 is 0.